The zero-order valence-electron chi connectivity index (χ0n) is 37.0. The lowest BCUT2D eigenvalue weighted by atomic mass is 9.97. The lowest BCUT2D eigenvalue weighted by Gasteiger charge is -2.45. The quantitative estimate of drug-likeness (QED) is 0.0687. The molecule has 5 atom stereocenters. The summed E-state index contributed by atoms with van der Waals surface area (Å²) in [5.41, 5.74) is 4.60. The molecule has 0 unspecified atom stereocenters. The molecular formula is C56H56O10. The Labute approximate surface area is 385 Å². The van der Waals surface area contributed by atoms with Crippen LogP contribution in [-0.4, -0.2) is 43.4 Å². The maximum Gasteiger partial charge on any atom is 0.383 e. The first kappa shape index (κ1) is 44.9. The number of hydrogen-bond acceptors (Lipinski definition) is 10. The van der Waals surface area contributed by atoms with E-state index in [-0.39, 0.29) is 43.9 Å². The smallest absolute Gasteiger partial charge is 0.383 e. The Morgan fingerprint density at radius 2 is 0.985 bits per heavy atom. The van der Waals surface area contributed by atoms with E-state index < -0.39 is 36.3 Å². The Kier molecular flexibility index (Phi) is 15.5. The molecule has 2 heterocycles. The SMILES string of the molecule is O=c1oc2cc(O[C@H]3O[C@H](COCc4ccccc4)[C@@H](OCc4ccccc4)[C@H](OCc4ccccc4)[C@@H]3OCc3ccccc3)ccc2c(OCc2ccccc2)c1OC1CCCCC1. The summed E-state index contributed by atoms with van der Waals surface area (Å²) in [4.78, 5) is 13.9. The van der Waals surface area contributed by atoms with Crippen molar-refractivity contribution in [1.82, 2.24) is 0 Å². The largest absolute Gasteiger partial charge is 0.484 e. The van der Waals surface area contributed by atoms with Crippen molar-refractivity contribution >= 4 is 11.0 Å². The molecule has 2 fully saturated rings. The van der Waals surface area contributed by atoms with Gasteiger partial charge < -0.3 is 42.3 Å². The van der Waals surface area contributed by atoms with Crippen molar-refractivity contribution in [2.24, 2.45) is 0 Å². The van der Waals surface area contributed by atoms with Crippen molar-refractivity contribution in [3.63, 3.8) is 0 Å². The van der Waals surface area contributed by atoms with E-state index in [1.807, 2.05) is 164 Å². The summed E-state index contributed by atoms with van der Waals surface area (Å²) >= 11 is 0. The summed E-state index contributed by atoms with van der Waals surface area (Å²) in [6, 6.07) is 55.2. The van der Waals surface area contributed by atoms with Crippen LogP contribution in [0.2, 0.25) is 0 Å². The zero-order chi connectivity index (χ0) is 44.8. The van der Waals surface area contributed by atoms with Gasteiger partial charge in [-0.15, -0.1) is 0 Å². The number of hydrogen-bond donors (Lipinski definition) is 0. The Bertz CT molecular complexity index is 2590. The fourth-order valence-electron chi connectivity index (χ4n) is 8.51. The summed E-state index contributed by atoms with van der Waals surface area (Å²) in [5.74, 6) is 0.805. The van der Waals surface area contributed by atoms with E-state index in [0.29, 0.717) is 30.1 Å². The standard InChI is InChI=1S/C56H56O10/c57-55-53(63-45-29-17-6-18-30-45)50(59-35-41-21-9-2-10-22-41)47-32-31-46(33-48(47)65-55)64-56-54(62-38-44-27-15-5-16-28-44)52(61-37-43-25-13-4-14-26-43)51(60-36-42-23-11-3-12-24-42)49(66-56)39-58-34-40-19-7-1-8-20-40/h1-5,7-16,19-28,31-33,45,49,51-52,54,56H,6,17-18,29-30,34-39H2/t49-,51-,52+,54+,56+/m1/s1. The third kappa shape index (κ3) is 11.9. The third-order valence-corrected chi connectivity index (χ3v) is 11.9. The monoisotopic (exact) mass is 888 g/mol. The van der Waals surface area contributed by atoms with Crippen molar-refractivity contribution < 1.29 is 42.3 Å². The van der Waals surface area contributed by atoms with E-state index in [2.05, 4.69) is 0 Å². The van der Waals surface area contributed by atoms with Gasteiger partial charge in [0.15, 0.2) is 5.75 Å². The molecule has 0 N–H and O–H groups in total. The second-order valence-corrected chi connectivity index (χ2v) is 16.8. The second-order valence-electron chi connectivity index (χ2n) is 16.8. The maximum atomic E-state index is 13.9. The van der Waals surface area contributed by atoms with Crippen LogP contribution in [0.15, 0.2) is 179 Å². The fraction of sp³-hybridized carbons (Fsp3) is 0.304. The van der Waals surface area contributed by atoms with Crippen LogP contribution in [-0.2, 0) is 56.7 Å². The topological polar surface area (TPSA) is 104 Å². The zero-order valence-corrected chi connectivity index (χ0v) is 37.0. The first-order chi connectivity index (χ1) is 32.6. The van der Waals surface area contributed by atoms with Gasteiger partial charge in [-0.1, -0.05) is 158 Å². The third-order valence-electron chi connectivity index (χ3n) is 11.9. The average molecular weight is 889 g/mol. The average Bonchev–Trinajstić information content (AvgIpc) is 3.37. The molecule has 1 saturated heterocycles. The molecule has 1 aromatic heterocycles. The molecule has 0 spiro atoms. The molecule has 10 nitrogen and oxygen atoms in total. The number of fused-ring (bicyclic) bond motifs is 1. The Balaban J connectivity index is 1.06. The van der Waals surface area contributed by atoms with Crippen molar-refractivity contribution in [1.29, 1.82) is 0 Å². The van der Waals surface area contributed by atoms with Gasteiger partial charge in [0.05, 0.1) is 44.5 Å². The molecule has 9 rings (SSSR count). The van der Waals surface area contributed by atoms with Crippen LogP contribution in [0.5, 0.6) is 17.2 Å². The summed E-state index contributed by atoms with van der Waals surface area (Å²) in [6.07, 6.45) is 1.04. The molecule has 0 bridgehead atoms. The van der Waals surface area contributed by atoms with Gasteiger partial charge in [-0.25, -0.2) is 4.79 Å². The number of rotatable bonds is 20. The van der Waals surface area contributed by atoms with Gasteiger partial charge in [-0.3, -0.25) is 0 Å². The van der Waals surface area contributed by atoms with E-state index in [1.165, 1.54) is 0 Å². The van der Waals surface area contributed by atoms with Gasteiger partial charge in [0.25, 0.3) is 0 Å². The molecule has 0 radical (unpaired) electrons. The first-order valence-corrected chi connectivity index (χ1v) is 23.0. The minimum Gasteiger partial charge on any atom is -0.484 e. The van der Waals surface area contributed by atoms with Crippen molar-refractivity contribution in [3.8, 4) is 17.2 Å². The van der Waals surface area contributed by atoms with Crippen molar-refractivity contribution in [2.75, 3.05) is 6.61 Å². The highest BCUT2D eigenvalue weighted by atomic mass is 16.7. The van der Waals surface area contributed by atoms with E-state index in [9.17, 15) is 4.79 Å². The summed E-state index contributed by atoms with van der Waals surface area (Å²) in [7, 11) is 0. The molecule has 7 aromatic rings. The summed E-state index contributed by atoms with van der Waals surface area (Å²) in [5, 5.41) is 0.579. The molecule has 66 heavy (non-hydrogen) atoms. The predicted octanol–water partition coefficient (Wildman–Crippen LogP) is 11.2. The van der Waals surface area contributed by atoms with Gasteiger partial charge in [-0.05, 0) is 65.6 Å². The van der Waals surface area contributed by atoms with Crippen LogP contribution < -0.4 is 19.8 Å². The summed E-state index contributed by atoms with van der Waals surface area (Å²) < 4.78 is 59.7. The molecule has 10 heteroatoms. The Morgan fingerprint density at radius 3 is 1.55 bits per heavy atom. The molecule has 1 saturated carbocycles. The maximum absolute atomic E-state index is 13.9. The molecule has 340 valence electrons. The lowest BCUT2D eigenvalue weighted by molar-refractivity contribution is -0.310. The van der Waals surface area contributed by atoms with E-state index >= 15 is 0 Å². The molecule has 2 aliphatic rings. The van der Waals surface area contributed by atoms with Gasteiger partial charge in [0.2, 0.25) is 12.0 Å². The van der Waals surface area contributed by atoms with E-state index in [1.54, 1.807) is 6.07 Å². The lowest BCUT2D eigenvalue weighted by Crippen LogP contribution is -2.62. The molecule has 0 amide bonds. The van der Waals surface area contributed by atoms with Gasteiger partial charge in [0, 0.05) is 6.07 Å². The predicted molar refractivity (Wildman–Crippen MR) is 251 cm³/mol. The minimum atomic E-state index is -1.02. The highest BCUT2D eigenvalue weighted by Gasteiger charge is 2.50. The molecule has 1 aliphatic heterocycles. The van der Waals surface area contributed by atoms with Crippen LogP contribution in [0.25, 0.3) is 11.0 Å². The Morgan fingerprint density at radius 1 is 0.485 bits per heavy atom. The molecular weight excluding hydrogens is 833 g/mol. The van der Waals surface area contributed by atoms with Crippen molar-refractivity contribution in [3.05, 3.63) is 208 Å². The van der Waals surface area contributed by atoms with Gasteiger partial charge in [-0.2, -0.15) is 0 Å². The molecule has 1 aliphatic carbocycles. The van der Waals surface area contributed by atoms with E-state index in [4.69, 9.17) is 42.3 Å². The van der Waals surface area contributed by atoms with Crippen LogP contribution in [0.3, 0.4) is 0 Å². The Hall–Kier alpha value is -6.27. The van der Waals surface area contributed by atoms with Crippen LogP contribution in [0.1, 0.15) is 59.9 Å². The molecule has 6 aromatic carbocycles. The highest BCUT2D eigenvalue weighted by Crippen LogP contribution is 2.39. The second kappa shape index (κ2) is 22.8. The van der Waals surface area contributed by atoms with E-state index in [0.717, 1.165) is 59.9 Å². The van der Waals surface area contributed by atoms with Crippen LogP contribution >= 0.6 is 0 Å². The first-order valence-electron chi connectivity index (χ1n) is 23.0. The highest BCUT2D eigenvalue weighted by molar-refractivity contribution is 5.86. The number of benzene rings is 6. The fourth-order valence-corrected chi connectivity index (χ4v) is 8.51. The minimum absolute atomic E-state index is 0.0854. The van der Waals surface area contributed by atoms with Crippen molar-refractivity contribution in [2.45, 2.75) is 102 Å². The van der Waals surface area contributed by atoms with Gasteiger partial charge in [0.1, 0.15) is 42.4 Å². The van der Waals surface area contributed by atoms with Gasteiger partial charge >= 0.3 is 5.63 Å². The van der Waals surface area contributed by atoms with Crippen LogP contribution in [0, 0.1) is 0 Å². The summed E-state index contributed by atoms with van der Waals surface area (Å²) in [6.45, 7) is 1.61. The number of ether oxygens (including phenoxy) is 8. The van der Waals surface area contributed by atoms with Crippen LogP contribution in [0.4, 0.5) is 0 Å². The normalized spacial score (nSPS) is 19.9.